The molecule has 5 nitrogen and oxygen atoms in total. The van der Waals surface area contributed by atoms with E-state index < -0.39 is 12.1 Å². The molecule has 56 valence electrons. The number of aliphatic carboxylic acids is 1. The molecule has 0 aliphatic heterocycles. The molecule has 0 fully saturated rings. The van der Waals surface area contributed by atoms with Gasteiger partial charge in [-0.1, -0.05) is 0 Å². The molecule has 10 heavy (non-hydrogen) atoms. The van der Waals surface area contributed by atoms with E-state index in [0.29, 0.717) is 0 Å². The minimum Gasteiger partial charge on any atom is 0 e. The van der Waals surface area contributed by atoms with E-state index in [1.807, 2.05) is 0 Å². The third-order valence-electron chi connectivity index (χ3n) is 0. The normalized spacial score (nSPS) is 4.90. The van der Waals surface area contributed by atoms with Crippen molar-refractivity contribution in [3.8, 4) is 0 Å². The Morgan fingerprint density at radius 2 is 1.10 bits per heavy atom. The summed E-state index contributed by atoms with van der Waals surface area (Å²) < 4.78 is 0. The molecular formula is C3H8O5SnZn. The topological polar surface area (TPSA) is 94.8 Å². The Balaban J connectivity index is -0.0000000300. The average Bonchev–Trinajstić information content (AvgIpc) is 1.25. The summed E-state index contributed by atoms with van der Waals surface area (Å²) in [7, 11) is 0. The molecule has 0 aromatic rings. The molecule has 0 aromatic heterocycles. The summed E-state index contributed by atoms with van der Waals surface area (Å²) in [5, 5.41) is 21.4. The van der Waals surface area contributed by atoms with Gasteiger partial charge >= 0.3 is 30.1 Å². The van der Waals surface area contributed by atoms with Crippen LogP contribution in [0.25, 0.3) is 0 Å². The molecule has 0 rings (SSSR count). The van der Waals surface area contributed by atoms with Gasteiger partial charge in [0.2, 0.25) is 0 Å². The van der Waals surface area contributed by atoms with Crippen molar-refractivity contribution >= 4 is 36.0 Å². The molecular weight excluding hydrogens is 300 g/mol. The standard InChI is InChI=1S/C2H4O2.CH2O3.Sn.Zn.2H/c1-2(3)4;2-1(3)4;;;;/h1H3,(H,3,4);(H2,2,3,4);;;;. The fraction of sp³-hybridized carbons (Fsp3) is 0.333. The predicted octanol–water partition coefficient (Wildman–Crippen LogP) is -0.605. The zero-order valence-electron chi connectivity index (χ0n) is 5.57. The summed E-state index contributed by atoms with van der Waals surface area (Å²) in [6, 6.07) is 0. The molecule has 0 aromatic carbocycles. The third kappa shape index (κ3) is 15900. The minimum absolute atomic E-state index is 0. The Morgan fingerprint density at radius 3 is 1.10 bits per heavy atom. The maximum absolute atomic E-state index is 9.00. The molecule has 3 N–H and O–H groups in total. The number of carboxylic acid groups (broad SMARTS) is 3. The molecule has 0 spiro atoms. The SMILES string of the molecule is CC(=O)O.O=C(O)O.[SnH2].[Zn]. The van der Waals surface area contributed by atoms with Crippen LogP contribution in [0.2, 0.25) is 0 Å². The van der Waals surface area contributed by atoms with Gasteiger partial charge in [0.25, 0.3) is 5.97 Å². The molecule has 2 radical (unpaired) electrons. The van der Waals surface area contributed by atoms with Crippen LogP contribution in [0.1, 0.15) is 6.92 Å². The Labute approximate surface area is 87.1 Å². The van der Waals surface area contributed by atoms with Gasteiger partial charge in [-0.3, -0.25) is 4.79 Å². The van der Waals surface area contributed by atoms with Crippen molar-refractivity contribution in [3.63, 3.8) is 0 Å². The summed E-state index contributed by atoms with van der Waals surface area (Å²) in [6.45, 7) is 1.08. The molecule has 0 amide bonds. The number of carbonyl (C=O) groups is 2. The quantitative estimate of drug-likeness (QED) is 0.519. The van der Waals surface area contributed by atoms with Gasteiger partial charge in [-0.2, -0.15) is 0 Å². The summed E-state index contributed by atoms with van der Waals surface area (Å²) in [6.07, 6.45) is -1.83. The predicted molar refractivity (Wildman–Crippen MR) is 32.5 cm³/mol. The maximum atomic E-state index is 9.00. The van der Waals surface area contributed by atoms with Crippen molar-refractivity contribution in [2.24, 2.45) is 0 Å². The molecule has 7 heteroatoms. The van der Waals surface area contributed by atoms with Crippen molar-refractivity contribution in [1.29, 1.82) is 0 Å². The first-order valence-corrected chi connectivity index (χ1v) is 1.58. The van der Waals surface area contributed by atoms with E-state index >= 15 is 0 Å². The van der Waals surface area contributed by atoms with E-state index in [4.69, 9.17) is 24.9 Å². The molecule has 0 atom stereocenters. The van der Waals surface area contributed by atoms with Crippen LogP contribution in [0.4, 0.5) is 4.79 Å². The van der Waals surface area contributed by atoms with Crippen LogP contribution in [-0.4, -0.2) is 51.4 Å². The number of hydrogen-bond acceptors (Lipinski definition) is 2. The number of rotatable bonds is 0. The van der Waals surface area contributed by atoms with Crippen LogP contribution in [0.15, 0.2) is 0 Å². The van der Waals surface area contributed by atoms with Gasteiger partial charge < -0.3 is 15.3 Å². The van der Waals surface area contributed by atoms with Crippen molar-refractivity contribution in [2.75, 3.05) is 0 Å². The van der Waals surface area contributed by atoms with E-state index in [0.717, 1.165) is 6.92 Å². The Bertz CT molecular complexity index is 74.9. The molecule has 0 aliphatic rings. The average molecular weight is 308 g/mol. The monoisotopic (exact) mass is 308 g/mol. The first kappa shape index (κ1) is 22.5. The van der Waals surface area contributed by atoms with Gasteiger partial charge in [0.1, 0.15) is 0 Å². The van der Waals surface area contributed by atoms with Crippen LogP contribution < -0.4 is 0 Å². The molecule has 0 saturated heterocycles. The molecule has 0 unspecified atom stereocenters. The second-order valence-corrected chi connectivity index (χ2v) is 0.802. The zero-order chi connectivity index (χ0) is 7.15. The van der Waals surface area contributed by atoms with Gasteiger partial charge in [0.05, 0.1) is 0 Å². The second-order valence-electron chi connectivity index (χ2n) is 0.802. The van der Waals surface area contributed by atoms with Gasteiger partial charge in [0.15, 0.2) is 0 Å². The number of hydrogen-bond donors (Lipinski definition) is 3. The van der Waals surface area contributed by atoms with Crippen molar-refractivity contribution in [3.05, 3.63) is 0 Å². The smallest absolute Gasteiger partial charge is 0 e. The summed E-state index contributed by atoms with van der Waals surface area (Å²) in [5.74, 6) is -0.833. The van der Waals surface area contributed by atoms with Crippen LogP contribution >= 0.6 is 0 Å². The summed E-state index contributed by atoms with van der Waals surface area (Å²) in [5.41, 5.74) is 0. The minimum atomic E-state index is -1.83. The summed E-state index contributed by atoms with van der Waals surface area (Å²) >= 11 is 0. The van der Waals surface area contributed by atoms with Crippen LogP contribution in [0, 0.1) is 0 Å². The van der Waals surface area contributed by atoms with E-state index in [2.05, 4.69) is 0 Å². The van der Waals surface area contributed by atoms with Crippen LogP contribution in [0.3, 0.4) is 0 Å². The first-order valence-electron chi connectivity index (χ1n) is 1.58. The third-order valence-corrected chi connectivity index (χ3v) is 0. The molecule has 0 heterocycles. The van der Waals surface area contributed by atoms with Gasteiger partial charge in [-0.15, -0.1) is 0 Å². The van der Waals surface area contributed by atoms with Gasteiger partial charge in [-0.05, 0) is 0 Å². The van der Waals surface area contributed by atoms with Gasteiger partial charge in [0, 0.05) is 26.4 Å². The first-order chi connectivity index (χ1) is 3.46. The molecule has 0 bridgehead atoms. The maximum Gasteiger partial charge on any atom is 0 e. The molecule has 0 aliphatic carbocycles. The Morgan fingerprint density at radius 1 is 1.10 bits per heavy atom. The Hall–Kier alpha value is 0.162. The van der Waals surface area contributed by atoms with Crippen LogP contribution in [0.5, 0.6) is 0 Å². The van der Waals surface area contributed by atoms with E-state index in [-0.39, 0.29) is 43.4 Å². The molecule has 0 saturated carbocycles. The van der Waals surface area contributed by atoms with E-state index in [1.54, 1.807) is 0 Å². The Kier molecular flexibility index (Phi) is 36.1. The van der Waals surface area contributed by atoms with Crippen molar-refractivity contribution in [2.45, 2.75) is 6.92 Å². The van der Waals surface area contributed by atoms with Crippen LogP contribution in [-0.2, 0) is 24.3 Å². The fourth-order valence-corrected chi connectivity index (χ4v) is 0. The zero-order valence-corrected chi connectivity index (χ0v) is 12.6. The fourth-order valence-electron chi connectivity index (χ4n) is 0. The second kappa shape index (κ2) is 16.1. The number of carboxylic acids is 1. The summed E-state index contributed by atoms with van der Waals surface area (Å²) in [4.78, 5) is 17.6. The van der Waals surface area contributed by atoms with Crippen molar-refractivity contribution in [1.82, 2.24) is 0 Å². The van der Waals surface area contributed by atoms with Crippen molar-refractivity contribution < 1.29 is 44.4 Å². The van der Waals surface area contributed by atoms with E-state index in [9.17, 15) is 0 Å². The van der Waals surface area contributed by atoms with Gasteiger partial charge in [-0.25, -0.2) is 4.79 Å². The van der Waals surface area contributed by atoms with E-state index in [1.165, 1.54) is 0 Å². The largest absolute Gasteiger partial charge is 0 e.